The predicted molar refractivity (Wildman–Crippen MR) is 84.7 cm³/mol. The van der Waals surface area contributed by atoms with Crippen molar-refractivity contribution in [2.24, 2.45) is 0 Å². The lowest BCUT2D eigenvalue weighted by Crippen LogP contribution is -2.06. The van der Waals surface area contributed by atoms with Gasteiger partial charge in [0.2, 0.25) is 0 Å². The summed E-state index contributed by atoms with van der Waals surface area (Å²) in [5.41, 5.74) is 2.40. The Morgan fingerprint density at radius 3 is 2.81 bits per heavy atom. The molecule has 0 aliphatic carbocycles. The molecular weight excluding hydrogens is 262 g/mol. The number of aryl methyl sites for hydroxylation is 1. The number of aromatic nitrogens is 3. The molecule has 0 saturated heterocycles. The Kier molecular flexibility index (Phi) is 3.69. The Hall–Kier alpha value is -2.23. The van der Waals surface area contributed by atoms with E-state index in [9.17, 15) is 0 Å². The zero-order valence-corrected chi connectivity index (χ0v) is 12.8. The Balaban J connectivity index is 1.97. The van der Waals surface area contributed by atoms with Crippen LogP contribution in [-0.2, 0) is 13.1 Å². The smallest absolute Gasteiger partial charge is 0.129 e. The summed E-state index contributed by atoms with van der Waals surface area (Å²) in [6.45, 7) is 8.00. The van der Waals surface area contributed by atoms with Crippen molar-refractivity contribution in [1.82, 2.24) is 14.1 Å². The molecule has 0 saturated carbocycles. The average molecular weight is 283 g/mol. The van der Waals surface area contributed by atoms with Crippen molar-refractivity contribution in [3.05, 3.63) is 48.7 Å². The van der Waals surface area contributed by atoms with Crippen LogP contribution in [0.15, 0.2) is 43.0 Å². The van der Waals surface area contributed by atoms with Gasteiger partial charge >= 0.3 is 0 Å². The number of imidazole rings is 1. The molecule has 0 amide bonds. The highest BCUT2D eigenvalue weighted by molar-refractivity contribution is 5.86. The first-order chi connectivity index (χ1) is 10.2. The molecule has 0 unspecified atom stereocenters. The third-order valence-electron chi connectivity index (χ3n) is 3.61. The molecule has 110 valence electrons. The zero-order valence-electron chi connectivity index (χ0n) is 12.8. The summed E-state index contributed by atoms with van der Waals surface area (Å²) >= 11 is 0. The van der Waals surface area contributed by atoms with Gasteiger partial charge in [-0.15, -0.1) is 0 Å². The maximum atomic E-state index is 5.89. The molecule has 3 rings (SSSR count). The van der Waals surface area contributed by atoms with Gasteiger partial charge in [0.25, 0.3) is 0 Å². The minimum atomic E-state index is 0.181. The van der Waals surface area contributed by atoms with Gasteiger partial charge in [-0.3, -0.25) is 0 Å². The quantitative estimate of drug-likeness (QED) is 0.715. The molecule has 21 heavy (non-hydrogen) atoms. The van der Waals surface area contributed by atoms with E-state index in [4.69, 9.17) is 4.74 Å². The SMILES string of the molecule is CCn1cncc1Cn1ccc2c(OC(C)C)cccc21. The number of nitrogens with zero attached hydrogens (tertiary/aromatic N) is 3. The average Bonchev–Trinajstić information content (AvgIpc) is 3.06. The van der Waals surface area contributed by atoms with Gasteiger partial charge < -0.3 is 13.9 Å². The first kappa shape index (κ1) is 13.7. The van der Waals surface area contributed by atoms with Crippen molar-refractivity contribution in [3.8, 4) is 5.75 Å². The second-order valence-electron chi connectivity index (χ2n) is 5.47. The Bertz CT molecular complexity index is 739. The summed E-state index contributed by atoms with van der Waals surface area (Å²) in [6, 6.07) is 8.34. The normalized spacial score (nSPS) is 11.4. The third-order valence-corrected chi connectivity index (χ3v) is 3.61. The van der Waals surface area contributed by atoms with Crippen LogP contribution in [0.2, 0.25) is 0 Å². The summed E-state index contributed by atoms with van der Waals surface area (Å²) in [4.78, 5) is 4.24. The molecule has 0 spiro atoms. The molecule has 0 N–H and O–H groups in total. The highest BCUT2D eigenvalue weighted by Gasteiger charge is 2.09. The Morgan fingerprint density at radius 2 is 2.05 bits per heavy atom. The van der Waals surface area contributed by atoms with Crippen molar-refractivity contribution in [1.29, 1.82) is 0 Å². The molecule has 1 aromatic carbocycles. The molecule has 0 bridgehead atoms. The highest BCUT2D eigenvalue weighted by Crippen LogP contribution is 2.27. The second kappa shape index (κ2) is 5.64. The summed E-state index contributed by atoms with van der Waals surface area (Å²) in [5.74, 6) is 0.949. The van der Waals surface area contributed by atoms with Gasteiger partial charge in [0, 0.05) is 24.3 Å². The molecule has 0 radical (unpaired) electrons. The van der Waals surface area contributed by atoms with Gasteiger partial charge in [-0.25, -0.2) is 4.98 Å². The zero-order chi connectivity index (χ0) is 14.8. The second-order valence-corrected chi connectivity index (χ2v) is 5.47. The summed E-state index contributed by atoms with van der Waals surface area (Å²) in [5, 5.41) is 1.16. The van der Waals surface area contributed by atoms with Crippen molar-refractivity contribution >= 4 is 10.9 Å². The van der Waals surface area contributed by atoms with Gasteiger partial charge in [-0.2, -0.15) is 0 Å². The molecule has 0 aliphatic rings. The lowest BCUT2D eigenvalue weighted by molar-refractivity contribution is 0.245. The minimum absolute atomic E-state index is 0.181. The van der Waals surface area contributed by atoms with E-state index in [1.807, 2.05) is 24.7 Å². The lowest BCUT2D eigenvalue weighted by Gasteiger charge is -2.12. The lowest BCUT2D eigenvalue weighted by atomic mass is 10.2. The van der Waals surface area contributed by atoms with Crippen molar-refractivity contribution < 1.29 is 4.74 Å². The molecule has 0 aliphatic heterocycles. The standard InChI is InChI=1S/C17H21N3O/c1-4-19-12-18-10-14(19)11-20-9-8-15-16(20)6-5-7-17(15)21-13(2)3/h5-10,12-13H,4,11H2,1-3H3. The van der Waals surface area contributed by atoms with E-state index in [0.29, 0.717) is 0 Å². The summed E-state index contributed by atoms with van der Waals surface area (Å²) in [6.07, 6.45) is 6.11. The number of benzene rings is 1. The molecule has 2 aromatic heterocycles. The van der Waals surface area contributed by atoms with Crippen LogP contribution in [0.25, 0.3) is 10.9 Å². The fourth-order valence-corrected chi connectivity index (χ4v) is 2.63. The number of hydrogen-bond donors (Lipinski definition) is 0. The van der Waals surface area contributed by atoms with Crippen LogP contribution in [0.5, 0.6) is 5.75 Å². The maximum absolute atomic E-state index is 5.89. The van der Waals surface area contributed by atoms with E-state index in [1.54, 1.807) is 0 Å². The first-order valence-corrected chi connectivity index (χ1v) is 7.42. The monoisotopic (exact) mass is 283 g/mol. The van der Waals surface area contributed by atoms with E-state index in [0.717, 1.165) is 24.2 Å². The van der Waals surface area contributed by atoms with Crippen LogP contribution in [0.4, 0.5) is 0 Å². The van der Waals surface area contributed by atoms with Gasteiger partial charge in [-0.05, 0) is 39.0 Å². The number of rotatable bonds is 5. The van der Waals surface area contributed by atoms with Gasteiger partial charge in [0.15, 0.2) is 0 Å². The van der Waals surface area contributed by atoms with E-state index < -0.39 is 0 Å². The number of fused-ring (bicyclic) bond motifs is 1. The molecule has 3 aromatic rings. The van der Waals surface area contributed by atoms with Crippen LogP contribution in [0.3, 0.4) is 0 Å². The maximum Gasteiger partial charge on any atom is 0.129 e. The molecular formula is C17H21N3O. The van der Waals surface area contributed by atoms with Crippen molar-refractivity contribution in [2.75, 3.05) is 0 Å². The van der Waals surface area contributed by atoms with Gasteiger partial charge in [-0.1, -0.05) is 6.07 Å². The summed E-state index contributed by atoms with van der Waals surface area (Å²) in [7, 11) is 0. The molecule has 4 nitrogen and oxygen atoms in total. The Labute approximate surface area is 125 Å². The molecule has 4 heteroatoms. The predicted octanol–water partition coefficient (Wildman–Crippen LogP) is 3.69. The van der Waals surface area contributed by atoms with E-state index in [2.05, 4.69) is 53.2 Å². The van der Waals surface area contributed by atoms with E-state index >= 15 is 0 Å². The van der Waals surface area contributed by atoms with Gasteiger partial charge in [0.05, 0.1) is 30.2 Å². The van der Waals surface area contributed by atoms with Crippen LogP contribution in [0, 0.1) is 0 Å². The van der Waals surface area contributed by atoms with Crippen molar-refractivity contribution in [2.45, 2.75) is 40.0 Å². The van der Waals surface area contributed by atoms with E-state index in [-0.39, 0.29) is 6.10 Å². The summed E-state index contributed by atoms with van der Waals surface area (Å²) < 4.78 is 10.3. The first-order valence-electron chi connectivity index (χ1n) is 7.42. The highest BCUT2D eigenvalue weighted by atomic mass is 16.5. The topological polar surface area (TPSA) is 32.0 Å². The molecule has 0 fully saturated rings. The fraction of sp³-hybridized carbons (Fsp3) is 0.353. The number of hydrogen-bond acceptors (Lipinski definition) is 2. The number of ether oxygens (including phenoxy) is 1. The van der Waals surface area contributed by atoms with E-state index in [1.165, 1.54) is 11.2 Å². The largest absolute Gasteiger partial charge is 0.490 e. The molecule has 0 atom stereocenters. The van der Waals surface area contributed by atoms with Crippen LogP contribution < -0.4 is 4.74 Å². The van der Waals surface area contributed by atoms with Crippen LogP contribution in [-0.4, -0.2) is 20.2 Å². The third kappa shape index (κ3) is 2.66. The minimum Gasteiger partial charge on any atom is -0.490 e. The van der Waals surface area contributed by atoms with Gasteiger partial charge in [0.1, 0.15) is 5.75 Å². The van der Waals surface area contributed by atoms with Crippen LogP contribution >= 0.6 is 0 Å². The van der Waals surface area contributed by atoms with Crippen molar-refractivity contribution in [3.63, 3.8) is 0 Å². The fourth-order valence-electron chi connectivity index (χ4n) is 2.63. The Morgan fingerprint density at radius 1 is 1.19 bits per heavy atom. The molecule has 2 heterocycles. The van der Waals surface area contributed by atoms with Crippen LogP contribution in [0.1, 0.15) is 26.5 Å².